The van der Waals surface area contributed by atoms with E-state index in [4.69, 9.17) is 0 Å². The van der Waals surface area contributed by atoms with Gasteiger partial charge in [-0.25, -0.2) is 0 Å². The molecule has 1 aliphatic carbocycles. The van der Waals surface area contributed by atoms with E-state index in [1.165, 1.54) is 76.4 Å². The molecule has 0 unspecified atom stereocenters. The minimum absolute atomic E-state index is 1.13. The minimum atomic E-state index is 1.13. The van der Waals surface area contributed by atoms with Crippen LogP contribution < -0.4 is 4.90 Å². The highest BCUT2D eigenvalue weighted by Gasteiger charge is 2.26. The fourth-order valence-corrected chi connectivity index (χ4v) is 8.46. The summed E-state index contributed by atoms with van der Waals surface area (Å²) in [6, 6.07) is 66.8. The number of aromatic nitrogens is 1. The molecule has 1 heterocycles. The number of hydrogen-bond acceptors (Lipinski definition) is 1. The highest BCUT2D eigenvalue weighted by Crippen LogP contribution is 2.52. The van der Waals surface area contributed by atoms with E-state index in [0.29, 0.717) is 0 Å². The molecule has 0 atom stereocenters. The van der Waals surface area contributed by atoms with Crippen molar-refractivity contribution in [3.63, 3.8) is 0 Å². The summed E-state index contributed by atoms with van der Waals surface area (Å²) in [6.07, 6.45) is 0. The molecule has 9 aromatic carbocycles. The molecule has 2 heteroatoms. The summed E-state index contributed by atoms with van der Waals surface area (Å²) in [4.78, 5) is 2.43. The highest BCUT2D eigenvalue weighted by molar-refractivity contribution is 6.24. The zero-order chi connectivity index (χ0) is 32.8. The summed E-state index contributed by atoms with van der Waals surface area (Å²) in [7, 11) is 0. The molecular formula is C48H30N2. The van der Waals surface area contributed by atoms with Gasteiger partial charge in [-0.3, -0.25) is 0 Å². The van der Waals surface area contributed by atoms with Crippen molar-refractivity contribution in [1.29, 1.82) is 0 Å². The lowest BCUT2D eigenvalue weighted by Gasteiger charge is -2.27. The Bertz CT molecular complexity index is 2990. The van der Waals surface area contributed by atoms with Gasteiger partial charge in [-0.2, -0.15) is 0 Å². The van der Waals surface area contributed by atoms with Gasteiger partial charge < -0.3 is 9.47 Å². The van der Waals surface area contributed by atoms with Gasteiger partial charge in [0.15, 0.2) is 0 Å². The van der Waals surface area contributed by atoms with Crippen LogP contribution >= 0.6 is 0 Å². The number of benzene rings is 9. The molecule has 11 rings (SSSR count). The second-order valence-electron chi connectivity index (χ2n) is 13.4. The van der Waals surface area contributed by atoms with Gasteiger partial charge in [0.05, 0.1) is 11.0 Å². The lowest BCUT2D eigenvalue weighted by molar-refractivity contribution is 1.18. The SMILES string of the molecule is c1ccc(-n2c3ccccc3c3cc(N(c4ccc5c(c4)-c4cccc6cc7ccccc7c-5c46)c4ccc5ccccc5c4)ccc32)cc1. The van der Waals surface area contributed by atoms with Crippen molar-refractivity contribution in [1.82, 2.24) is 4.57 Å². The Kier molecular flexibility index (Phi) is 5.70. The molecule has 0 fully saturated rings. The molecule has 0 radical (unpaired) electrons. The van der Waals surface area contributed by atoms with Crippen LogP contribution in [-0.2, 0) is 0 Å². The van der Waals surface area contributed by atoms with Crippen molar-refractivity contribution in [3.05, 3.63) is 182 Å². The Morgan fingerprint density at radius 2 is 1.00 bits per heavy atom. The molecule has 50 heavy (non-hydrogen) atoms. The minimum Gasteiger partial charge on any atom is -0.310 e. The van der Waals surface area contributed by atoms with Crippen LogP contribution in [0.15, 0.2) is 182 Å². The van der Waals surface area contributed by atoms with Gasteiger partial charge in [0.2, 0.25) is 0 Å². The standard InChI is InChI=1S/C48H30N2/c1-2-15-35(16-3-1)50-45-20-9-8-18-40(45)44-30-38(24-26-46(44)50)49(36-22-21-31-11-4-5-12-32(31)28-36)37-23-25-42-43(29-37)41-19-10-14-34-27-33-13-6-7-17-39(33)48(42)47(34)41/h1-30H. The van der Waals surface area contributed by atoms with Crippen LogP contribution in [-0.4, -0.2) is 4.57 Å². The zero-order valence-corrected chi connectivity index (χ0v) is 27.2. The molecule has 0 bridgehead atoms. The third kappa shape index (κ3) is 3.90. The maximum absolute atomic E-state index is 2.43. The van der Waals surface area contributed by atoms with Crippen molar-refractivity contribution in [2.45, 2.75) is 0 Å². The van der Waals surface area contributed by atoms with Crippen LogP contribution in [0.2, 0.25) is 0 Å². The average Bonchev–Trinajstić information content (AvgIpc) is 3.69. The van der Waals surface area contributed by atoms with Gasteiger partial charge in [0.1, 0.15) is 0 Å². The molecule has 1 aliphatic rings. The van der Waals surface area contributed by atoms with Gasteiger partial charge in [0, 0.05) is 33.5 Å². The second kappa shape index (κ2) is 10.4. The molecule has 0 amide bonds. The maximum atomic E-state index is 2.43. The van der Waals surface area contributed by atoms with E-state index >= 15 is 0 Å². The summed E-state index contributed by atoms with van der Waals surface area (Å²) in [5.41, 5.74) is 12.2. The molecule has 0 saturated carbocycles. The largest absolute Gasteiger partial charge is 0.310 e. The fraction of sp³-hybridized carbons (Fsp3) is 0. The topological polar surface area (TPSA) is 8.17 Å². The normalized spacial score (nSPS) is 12.0. The van der Waals surface area contributed by atoms with Gasteiger partial charge >= 0.3 is 0 Å². The summed E-state index contributed by atoms with van der Waals surface area (Å²) >= 11 is 0. The van der Waals surface area contributed by atoms with E-state index in [1.807, 2.05) is 0 Å². The molecular weight excluding hydrogens is 605 g/mol. The van der Waals surface area contributed by atoms with E-state index < -0.39 is 0 Å². The van der Waals surface area contributed by atoms with Crippen LogP contribution in [0.25, 0.3) is 82.1 Å². The third-order valence-electron chi connectivity index (χ3n) is 10.6. The maximum Gasteiger partial charge on any atom is 0.0542 e. The molecule has 232 valence electrons. The summed E-state index contributed by atoms with van der Waals surface area (Å²) in [5, 5.41) is 10.2. The molecule has 2 nitrogen and oxygen atoms in total. The highest BCUT2D eigenvalue weighted by atomic mass is 15.1. The Balaban J connectivity index is 1.16. The number of fused-ring (bicyclic) bond motifs is 9. The Morgan fingerprint density at radius 3 is 1.90 bits per heavy atom. The molecule has 0 aliphatic heterocycles. The molecule has 1 aromatic heterocycles. The predicted octanol–water partition coefficient (Wildman–Crippen LogP) is 13.4. The van der Waals surface area contributed by atoms with E-state index in [2.05, 4.69) is 191 Å². The first-order valence-corrected chi connectivity index (χ1v) is 17.3. The molecule has 0 N–H and O–H groups in total. The lowest BCUT2D eigenvalue weighted by Crippen LogP contribution is -2.10. The summed E-state index contributed by atoms with van der Waals surface area (Å²) in [6.45, 7) is 0. The van der Waals surface area contributed by atoms with Gasteiger partial charge in [-0.1, -0.05) is 115 Å². The van der Waals surface area contributed by atoms with Crippen molar-refractivity contribution >= 4 is 71.2 Å². The average molecular weight is 635 g/mol. The first-order chi connectivity index (χ1) is 24.8. The third-order valence-corrected chi connectivity index (χ3v) is 10.6. The number of hydrogen-bond donors (Lipinski definition) is 0. The monoisotopic (exact) mass is 634 g/mol. The lowest BCUT2D eigenvalue weighted by atomic mass is 9.96. The molecule has 0 spiro atoms. The Hall–Kier alpha value is -6.64. The van der Waals surface area contributed by atoms with E-state index in [9.17, 15) is 0 Å². The van der Waals surface area contributed by atoms with Crippen LogP contribution in [0.4, 0.5) is 17.1 Å². The summed E-state index contributed by atoms with van der Waals surface area (Å²) in [5.74, 6) is 0. The Labute approximate surface area is 289 Å². The predicted molar refractivity (Wildman–Crippen MR) is 212 cm³/mol. The van der Waals surface area contributed by atoms with Gasteiger partial charge in [-0.05, 0) is 121 Å². The Morgan fingerprint density at radius 1 is 0.340 bits per heavy atom. The number of rotatable bonds is 4. The van der Waals surface area contributed by atoms with Crippen LogP contribution in [0, 0.1) is 0 Å². The fourth-order valence-electron chi connectivity index (χ4n) is 8.46. The second-order valence-corrected chi connectivity index (χ2v) is 13.4. The van der Waals surface area contributed by atoms with E-state index in [0.717, 1.165) is 22.7 Å². The van der Waals surface area contributed by atoms with E-state index in [1.54, 1.807) is 0 Å². The van der Waals surface area contributed by atoms with Crippen molar-refractivity contribution < 1.29 is 0 Å². The van der Waals surface area contributed by atoms with Crippen LogP contribution in [0.1, 0.15) is 0 Å². The first-order valence-electron chi connectivity index (χ1n) is 17.3. The summed E-state index contributed by atoms with van der Waals surface area (Å²) < 4.78 is 2.38. The van der Waals surface area contributed by atoms with Gasteiger partial charge in [0.25, 0.3) is 0 Å². The molecule has 0 saturated heterocycles. The number of para-hydroxylation sites is 2. The van der Waals surface area contributed by atoms with Crippen LogP contribution in [0.5, 0.6) is 0 Å². The smallest absolute Gasteiger partial charge is 0.0542 e. The van der Waals surface area contributed by atoms with Crippen molar-refractivity contribution in [2.24, 2.45) is 0 Å². The van der Waals surface area contributed by atoms with E-state index in [-0.39, 0.29) is 0 Å². The molecule has 10 aromatic rings. The zero-order valence-electron chi connectivity index (χ0n) is 27.2. The van der Waals surface area contributed by atoms with Crippen molar-refractivity contribution in [2.75, 3.05) is 4.90 Å². The number of anilines is 3. The van der Waals surface area contributed by atoms with Crippen LogP contribution in [0.3, 0.4) is 0 Å². The van der Waals surface area contributed by atoms with Crippen molar-refractivity contribution in [3.8, 4) is 27.9 Å². The quantitative estimate of drug-likeness (QED) is 0.175. The van der Waals surface area contributed by atoms with Gasteiger partial charge in [-0.15, -0.1) is 0 Å². The number of nitrogens with zero attached hydrogens (tertiary/aromatic N) is 2. The first kappa shape index (κ1) is 27.3.